The second kappa shape index (κ2) is 5.40. The predicted molar refractivity (Wildman–Crippen MR) is 64.7 cm³/mol. The van der Waals surface area contributed by atoms with Gasteiger partial charge in [0, 0.05) is 13.2 Å². The van der Waals surface area contributed by atoms with Crippen molar-refractivity contribution in [3.63, 3.8) is 0 Å². The topological polar surface area (TPSA) is 100 Å². The van der Waals surface area contributed by atoms with Crippen LogP contribution in [0.25, 0.3) is 0 Å². The summed E-state index contributed by atoms with van der Waals surface area (Å²) >= 11 is 0. The Kier molecular flexibility index (Phi) is 4.36. The van der Waals surface area contributed by atoms with Gasteiger partial charge in [-0.05, 0) is 13.8 Å². The van der Waals surface area contributed by atoms with Crippen LogP contribution in [0.2, 0.25) is 0 Å². The smallest absolute Gasteiger partial charge is 0.339 e. The molecule has 1 N–H and O–H groups in total. The summed E-state index contributed by atoms with van der Waals surface area (Å²) in [5, 5.41) is 8.82. The molecule has 0 aliphatic rings. The van der Waals surface area contributed by atoms with Crippen molar-refractivity contribution in [3.05, 3.63) is 23.3 Å². The molecule has 0 spiro atoms. The quantitative estimate of drug-likeness (QED) is 0.826. The number of carbonyl (C=O) groups is 1. The molecule has 1 aromatic rings. The highest BCUT2D eigenvalue weighted by Gasteiger charge is 2.17. The largest absolute Gasteiger partial charge is 0.478 e. The van der Waals surface area contributed by atoms with E-state index in [1.807, 2.05) is 0 Å². The normalized spacial score (nSPS) is 11.8. The Morgan fingerprint density at radius 2 is 2.11 bits per heavy atom. The number of aryl methyl sites for hydroxylation is 1. The van der Waals surface area contributed by atoms with Gasteiger partial charge in [0.2, 0.25) is 10.0 Å². The van der Waals surface area contributed by atoms with E-state index in [-0.39, 0.29) is 23.7 Å². The third-order valence-corrected chi connectivity index (χ3v) is 4.27. The summed E-state index contributed by atoms with van der Waals surface area (Å²) in [6, 6.07) is 0. The molecule has 0 amide bonds. The van der Waals surface area contributed by atoms with Gasteiger partial charge in [-0.15, -0.1) is 0 Å². The molecule has 0 aliphatic carbocycles. The van der Waals surface area contributed by atoms with Crippen LogP contribution in [0.3, 0.4) is 0 Å². The van der Waals surface area contributed by atoms with E-state index in [1.54, 1.807) is 13.8 Å². The molecule has 0 fully saturated rings. The van der Waals surface area contributed by atoms with Crippen LogP contribution in [0.4, 0.5) is 0 Å². The molecule has 0 bridgehead atoms. The number of hydrogen-bond donors (Lipinski definition) is 1. The highest BCUT2D eigenvalue weighted by Crippen LogP contribution is 2.07. The first-order valence-corrected chi connectivity index (χ1v) is 6.88. The zero-order chi connectivity index (χ0) is 13.9. The molecule has 1 heterocycles. The van der Waals surface area contributed by atoms with Crippen LogP contribution >= 0.6 is 0 Å². The first-order valence-electron chi connectivity index (χ1n) is 5.27. The highest BCUT2D eigenvalue weighted by molar-refractivity contribution is 7.89. The standard InChI is InChI=1S/C10H15N3O4S/c1-4-18(16,17)13(3)6-9-11-5-8(10(14)15)7(2)12-9/h5H,4,6H2,1-3H3,(H,14,15). The second-order valence-electron chi connectivity index (χ2n) is 3.75. The van der Waals surface area contributed by atoms with Gasteiger partial charge in [-0.25, -0.2) is 23.2 Å². The molecule has 1 aromatic heterocycles. The van der Waals surface area contributed by atoms with Gasteiger partial charge in [0.15, 0.2) is 0 Å². The van der Waals surface area contributed by atoms with Crippen LogP contribution in [0.5, 0.6) is 0 Å². The number of aromatic nitrogens is 2. The number of aromatic carboxylic acids is 1. The average Bonchev–Trinajstić information content (AvgIpc) is 2.28. The van der Waals surface area contributed by atoms with Crippen LogP contribution < -0.4 is 0 Å². The predicted octanol–water partition coefficient (Wildman–Crippen LogP) is 0.265. The molecule has 100 valence electrons. The number of carboxylic acid groups (broad SMARTS) is 1. The van der Waals surface area contributed by atoms with Crippen molar-refractivity contribution in [3.8, 4) is 0 Å². The number of sulfonamides is 1. The fourth-order valence-electron chi connectivity index (χ4n) is 1.32. The third kappa shape index (κ3) is 3.23. The third-order valence-electron chi connectivity index (χ3n) is 2.46. The van der Waals surface area contributed by atoms with E-state index in [1.165, 1.54) is 13.2 Å². The molecule has 18 heavy (non-hydrogen) atoms. The first-order chi connectivity index (χ1) is 8.27. The van der Waals surface area contributed by atoms with Crippen molar-refractivity contribution in [1.29, 1.82) is 0 Å². The lowest BCUT2D eigenvalue weighted by atomic mass is 10.2. The van der Waals surface area contributed by atoms with Gasteiger partial charge in [-0.3, -0.25) is 0 Å². The van der Waals surface area contributed by atoms with Crippen LogP contribution in [0.15, 0.2) is 6.20 Å². The summed E-state index contributed by atoms with van der Waals surface area (Å²) in [5.74, 6) is -0.832. The molecule has 0 aromatic carbocycles. The molecular formula is C10H15N3O4S. The van der Waals surface area contributed by atoms with Crippen LogP contribution in [-0.2, 0) is 16.6 Å². The minimum atomic E-state index is -3.30. The summed E-state index contributed by atoms with van der Waals surface area (Å²) in [4.78, 5) is 18.6. The van der Waals surface area contributed by atoms with E-state index < -0.39 is 16.0 Å². The monoisotopic (exact) mass is 273 g/mol. The van der Waals surface area contributed by atoms with Gasteiger partial charge < -0.3 is 5.11 Å². The molecule has 8 heteroatoms. The Morgan fingerprint density at radius 3 is 2.56 bits per heavy atom. The summed E-state index contributed by atoms with van der Waals surface area (Å²) < 4.78 is 24.2. The molecule has 0 saturated carbocycles. The lowest BCUT2D eigenvalue weighted by molar-refractivity contribution is 0.0695. The van der Waals surface area contributed by atoms with Gasteiger partial charge in [0.1, 0.15) is 5.82 Å². The summed E-state index contributed by atoms with van der Waals surface area (Å²) in [5.41, 5.74) is 0.328. The van der Waals surface area contributed by atoms with E-state index >= 15 is 0 Å². The Balaban J connectivity index is 2.94. The highest BCUT2D eigenvalue weighted by atomic mass is 32.2. The van der Waals surface area contributed by atoms with Crippen molar-refractivity contribution in [1.82, 2.24) is 14.3 Å². The molecule has 7 nitrogen and oxygen atoms in total. The summed E-state index contributed by atoms with van der Waals surface area (Å²) in [6.45, 7) is 3.12. The number of hydrogen-bond acceptors (Lipinski definition) is 5. The van der Waals surface area contributed by atoms with Crippen molar-refractivity contribution < 1.29 is 18.3 Å². The first kappa shape index (κ1) is 14.5. The number of rotatable bonds is 5. The summed E-state index contributed by atoms with van der Waals surface area (Å²) in [6.07, 6.45) is 1.19. The Morgan fingerprint density at radius 1 is 1.50 bits per heavy atom. The average molecular weight is 273 g/mol. The number of nitrogens with zero attached hydrogens (tertiary/aromatic N) is 3. The van der Waals surface area contributed by atoms with Crippen molar-refractivity contribution in [2.24, 2.45) is 0 Å². The SMILES string of the molecule is CCS(=O)(=O)N(C)Cc1ncc(C(=O)O)c(C)n1. The maximum atomic E-state index is 11.5. The molecule has 0 saturated heterocycles. The fraction of sp³-hybridized carbons (Fsp3) is 0.500. The lowest BCUT2D eigenvalue weighted by Crippen LogP contribution is -2.28. The van der Waals surface area contributed by atoms with Crippen LogP contribution in [-0.4, -0.2) is 46.6 Å². The maximum Gasteiger partial charge on any atom is 0.339 e. The van der Waals surface area contributed by atoms with Crippen molar-refractivity contribution in [2.45, 2.75) is 20.4 Å². The van der Waals surface area contributed by atoms with E-state index in [0.29, 0.717) is 5.69 Å². The van der Waals surface area contributed by atoms with E-state index in [0.717, 1.165) is 4.31 Å². The second-order valence-corrected chi connectivity index (χ2v) is 6.11. The fourth-order valence-corrected chi connectivity index (χ4v) is 2.07. The molecule has 0 atom stereocenters. The Hall–Kier alpha value is -1.54. The van der Waals surface area contributed by atoms with Crippen molar-refractivity contribution >= 4 is 16.0 Å². The maximum absolute atomic E-state index is 11.5. The van der Waals surface area contributed by atoms with Gasteiger partial charge in [-0.2, -0.15) is 4.31 Å². The zero-order valence-corrected chi connectivity index (χ0v) is 11.2. The van der Waals surface area contributed by atoms with Gasteiger partial charge >= 0.3 is 5.97 Å². The van der Waals surface area contributed by atoms with Gasteiger partial charge in [0.05, 0.1) is 23.6 Å². The zero-order valence-electron chi connectivity index (χ0n) is 10.4. The molecule has 0 radical (unpaired) electrons. The summed E-state index contributed by atoms with van der Waals surface area (Å²) in [7, 11) is -1.87. The minimum Gasteiger partial charge on any atom is -0.478 e. The van der Waals surface area contributed by atoms with Crippen LogP contribution in [0, 0.1) is 6.92 Å². The van der Waals surface area contributed by atoms with Crippen LogP contribution in [0.1, 0.15) is 28.8 Å². The Bertz CT molecular complexity index is 556. The van der Waals surface area contributed by atoms with Gasteiger partial charge in [-0.1, -0.05) is 0 Å². The van der Waals surface area contributed by atoms with Gasteiger partial charge in [0.25, 0.3) is 0 Å². The number of carboxylic acids is 1. The molecular weight excluding hydrogens is 258 g/mol. The molecule has 0 aliphatic heterocycles. The van der Waals surface area contributed by atoms with Crippen molar-refractivity contribution in [2.75, 3.05) is 12.8 Å². The molecule has 1 rings (SSSR count). The minimum absolute atomic E-state index is 0.00427. The van der Waals surface area contributed by atoms with E-state index in [4.69, 9.17) is 5.11 Å². The lowest BCUT2D eigenvalue weighted by Gasteiger charge is -2.15. The van der Waals surface area contributed by atoms with E-state index in [9.17, 15) is 13.2 Å². The van der Waals surface area contributed by atoms with E-state index in [2.05, 4.69) is 9.97 Å². The Labute approximate surface area is 106 Å². The molecule has 0 unspecified atom stereocenters.